The van der Waals surface area contributed by atoms with E-state index in [4.69, 9.17) is 4.74 Å². The SMILES string of the molecule is C=S(C)(=O)N(C)C1CCN(C2CCN(C(=O)c3nnc(OC)c(CCc4ccc(C(C)(C)C)cc4)c3C)CC2)CC1. The van der Waals surface area contributed by atoms with Crippen LogP contribution in [0.4, 0.5) is 0 Å². The highest BCUT2D eigenvalue weighted by molar-refractivity contribution is 7.97. The number of amides is 1. The Labute approximate surface area is 247 Å². The fourth-order valence-electron chi connectivity index (χ4n) is 6.15. The average Bonchev–Trinajstić information content (AvgIpc) is 2.95. The van der Waals surface area contributed by atoms with Crippen molar-refractivity contribution in [3.63, 3.8) is 0 Å². The lowest BCUT2D eigenvalue weighted by atomic mass is 9.86. The fourth-order valence-corrected chi connectivity index (χ4v) is 6.99. The molecule has 2 fully saturated rings. The Morgan fingerprint density at radius 3 is 2.20 bits per heavy atom. The Kier molecular flexibility index (Phi) is 9.81. The summed E-state index contributed by atoms with van der Waals surface area (Å²) in [5, 5.41) is 8.62. The van der Waals surface area contributed by atoms with Crippen molar-refractivity contribution in [2.24, 2.45) is 0 Å². The van der Waals surface area contributed by atoms with E-state index >= 15 is 0 Å². The highest BCUT2D eigenvalue weighted by atomic mass is 32.2. The van der Waals surface area contributed by atoms with Gasteiger partial charge in [-0.15, -0.1) is 10.2 Å². The van der Waals surface area contributed by atoms with Gasteiger partial charge in [0.1, 0.15) is 0 Å². The number of likely N-dealkylation sites (tertiary alicyclic amines) is 2. The largest absolute Gasteiger partial charge is 0.480 e. The van der Waals surface area contributed by atoms with Crippen LogP contribution in [0.25, 0.3) is 0 Å². The van der Waals surface area contributed by atoms with Crippen LogP contribution in [0.2, 0.25) is 0 Å². The summed E-state index contributed by atoms with van der Waals surface area (Å²) in [4.78, 5) is 18.1. The Hall–Kier alpha value is -2.49. The van der Waals surface area contributed by atoms with Crippen LogP contribution in [0.3, 0.4) is 0 Å². The highest BCUT2D eigenvalue weighted by Crippen LogP contribution is 2.28. The molecule has 0 N–H and O–H groups in total. The molecule has 1 unspecified atom stereocenters. The predicted octanol–water partition coefficient (Wildman–Crippen LogP) is 4.14. The van der Waals surface area contributed by atoms with Crippen LogP contribution in [0, 0.1) is 6.92 Å². The minimum Gasteiger partial charge on any atom is -0.480 e. The number of hydrogen-bond acceptors (Lipinski definition) is 6. The molecule has 41 heavy (non-hydrogen) atoms. The normalized spacial score (nSPS) is 19.4. The summed E-state index contributed by atoms with van der Waals surface area (Å²) in [6.07, 6.45) is 7.19. The zero-order chi connectivity index (χ0) is 29.9. The van der Waals surface area contributed by atoms with Gasteiger partial charge in [0.05, 0.1) is 7.11 Å². The van der Waals surface area contributed by atoms with E-state index in [0.717, 1.165) is 62.7 Å². The molecule has 8 nitrogen and oxygen atoms in total. The smallest absolute Gasteiger partial charge is 0.274 e. The van der Waals surface area contributed by atoms with Crippen molar-refractivity contribution >= 4 is 21.5 Å². The van der Waals surface area contributed by atoms with Gasteiger partial charge in [0, 0.05) is 46.7 Å². The lowest BCUT2D eigenvalue weighted by Crippen LogP contribution is -2.52. The Balaban J connectivity index is 1.36. The molecule has 0 bridgehead atoms. The lowest BCUT2D eigenvalue weighted by Gasteiger charge is -2.43. The molecule has 1 aromatic heterocycles. The van der Waals surface area contributed by atoms with E-state index in [1.165, 1.54) is 11.1 Å². The van der Waals surface area contributed by atoms with Gasteiger partial charge < -0.3 is 14.5 Å². The van der Waals surface area contributed by atoms with Crippen LogP contribution in [0.1, 0.15) is 79.2 Å². The third-order valence-corrected chi connectivity index (χ3v) is 10.6. The van der Waals surface area contributed by atoms with Crippen LogP contribution in [-0.4, -0.2) is 99.0 Å². The average molecular weight is 584 g/mol. The van der Waals surface area contributed by atoms with Crippen LogP contribution < -0.4 is 4.74 Å². The Bertz CT molecular complexity index is 1300. The van der Waals surface area contributed by atoms with Gasteiger partial charge in [0.15, 0.2) is 5.69 Å². The monoisotopic (exact) mass is 583 g/mol. The lowest BCUT2D eigenvalue weighted by molar-refractivity contribution is 0.0542. The third-order valence-electron chi connectivity index (χ3n) is 9.08. The van der Waals surface area contributed by atoms with Crippen molar-refractivity contribution in [3.8, 4) is 5.88 Å². The number of rotatable bonds is 8. The first-order valence-electron chi connectivity index (χ1n) is 14.9. The summed E-state index contributed by atoms with van der Waals surface area (Å²) in [6.45, 7) is 12.1. The zero-order valence-corrected chi connectivity index (χ0v) is 26.9. The van der Waals surface area contributed by atoms with Crippen LogP contribution in [0.5, 0.6) is 5.88 Å². The molecule has 2 aliphatic rings. The van der Waals surface area contributed by atoms with Crippen molar-refractivity contribution in [1.29, 1.82) is 0 Å². The van der Waals surface area contributed by atoms with Gasteiger partial charge in [-0.3, -0.25) is 9.00 Å². The van der Waals surface area contributed by atoms with Crippen LogP contribution >= 0.6 is 0 Å². The van der Waals surface area contributed by atoms with E-state index in [0.29, 0.717) is 36.7 Å². The van der Waals surface area contributed by atoms with Crippen molar-refractivity contribution in [2.45, 2.75) is 83.7 Å². The number of methoxy groups -OCH3 is 1. The number of benzene rings is 1. The van der Waals surface area contributed by atoms with E-state index in [2.05, 4.69) is 66.0 Å². The third kappa shape index (κ3) is 7.48. The molecule has 3 heterocycles. The molecule has 0 saturated carbocycles. The topological polar surface area (TPSA) is 78.9 Å². The molecule has 0 radical (unpaired) electrons. The maximum atomic E-state index is 13.6. The molecule has 2 saturated heterocycles. The number of aromatic nitrogens is 2. The second kappa shape index (κ2) is 12.8. The number of carbonyl (C=O) groups excluding carboxylic acids is 1. The van der Waals surface area contributed by atoms with Gasteiger partial charge in [-0.25, -0.2) is 4.31 Å². The molecule has 226 valence electrons. The summed E-state index contributed by atoms with van der Waals surface area (Å²) in [6, 6.07) is 9.58. The fraction of sp³-hybridized carbons (Fsp3) is 0.625. The molecule has 2 aromatic rings. The predicted molar refractivity (Wildman–Crippen MR) is 168 cm³/mol. The van der Waals surface area contributed by atoms with E-state index in [1.807, 2.05) is 23.2 Å². The first kappa shape index (κ1) is 31.4. The molecule has 9 heteroatoms. The van der Waals surface area contributed by atoms with Crippen molar-refractivity contribution in [3.05, 3.63) is 52.2 Å². The molecule has 2 aliphatic heterocycles. The standard InChI is InChI=1S/C32H49N5O3S/c1-23-28(14-11-24-9-12-25(13-10-24)32(2,3)4)30(40-6)34-33-29(23)31(38)37-21-17-27(18-22-37)36-19-15-26(16-20-36)35(5)41(7,8)39/h9-10,12-13,26-27H,7,11,14-22H2,1-6,8H3. The van der Waals surface area contributed by atoms with Gasteiger partial charge in [-0.2, -0.15) is 0 Å². The summed E-state index contributed by atoms with van der Waals surface area (Å²) >= 11 is 0. The van der Waals surface area contributed by atoms with Gasteiger partial charge in [-0.1, -0.05) is 45.0 Å². The van der Waals surface area contributed by atoms with E-state index < -0.39 is 9.71 Å². The number of carbonyl (C=O) groups is 1. The molecule has 0 spiro atoms. The molecular formula is C32H49N5O3S. The molecular weight excluding hydrogens is 534 g/mol. The zero-order valence-electron chi connectivity index (χ0n) is 26.1. The molecule has 1 amide bonds. The maximum Gasteiger partial charge on any atom is 0.274 e. The van der Waals surface area contributed by atoms with Crippen LogP contribution in [-0.2, 0) is 28.0 Å². The van der Waals surface area contributed by atoms with E-state index in [-0.39, 0.29) is 11.3 Å². The molecule has 4 rings (SSSR count). The second-order valence-corrected chi connectivity index (χ2v) is 15.4. The maximum absolute atomic E-state index is 13.6. The van der Waals surface area contributed by atoms with Gasteiger partial charge in [-0.05, 0) is 93.6 Å². The minimum absolute atomic E-state index is 0.0413. The first-order chi connectivity index (χ1) is 19.3. The summed E-state index contributed by atoms with van der Waals surface area (Å²) < 4.78 is 19.9. The van der Waals surface area contributed by atoms with Crippen molar-refractivity contribution in [1.82, 2.24) is 24.3 Å². The quantitative estimate of drug-likeness (QED) is 0.435. The number of nitrogens with zero attached hydrogens (tertiary/aromatic N) is 5. The number of aryl methyl sites for hydroxylation is 1. The number of hydrogen-bond donors (Lipinski definition) is 0. The van der Waals surface area contributed by atoms with E-state index in [1.54, 1.807) is 13.4 Å². The highest BCUT2D eigenvalue weighted by Gasteiger charge is 2.33. The van der Waals surface area contributed by atoms with Crippen molar-refractivity contribution < 1.29 is 13.7 Å². The van der Waals surface area contributed by atoms with Gasteiger partial charge in [0.2, 0.25) is 5.88 Å². The number of ether oxygens (including phenoxy) is 1. The van der Waals surface area contributed by atoms with Gasteiger partial charge in [0.25, 0.3) is 5.91 Å². The van der Waals surface area contributed by atoms with Gasteiger partial charge >= 0.3 is 0 Å². The molecule has 1 aromatic carbocycles. The first-order valence-corrected chi connectivity index (χ1v) is 17.0. The minimum atomic E-state index is -2.17. The van der Waals surface area contributed by atoms with Crippen LogP contribution in [0.15, 0.2) is 24.3 Å². The summed E-state index contributed by atoms with van der Waals surface area (Å²) in [7, 11) is 1.37. The molecule has 0 aliphatic carbocycles. The van der Waals surface area contributed by atoms with Crippen molar-refractivity contribution in [2.75, 3.05) is 46.6 Å². The summed E-state index contributed by atoms with van der Waals surface area (Å²) in [5.74, 6) is 4.30. The molecule has 1 atom stereocenters. The van der Waals surface area contributed by atoms with E-state index in [9.17, 15) is 9.00 Å². The summed E-state index contributed by atoms with van der Waals surface area (Å²) in [5.41, 5.74) is 4.93. The Morgan fingerprint density at radius 2 is 1.66 bits per heavy atom. The second-order valence-electron chi connectivity index (χ2n) is 12.9. The Morgan fingerprint density at radius 1 is 1.05 bits per heavy atom. The number of piperidine rings is 2.